The molecule has 0 aromatic heterocycles. The van der Waals surface area contributed by atoms with Gasteiger partial charge in [0.1, 0.15) is 11.5 Å². The number of carbonyl (C=O) groups excluding carboxylic acids is 3. The first-order valence-electron chi connectivity index (χ1n) is 19.2. The van der Waals surface area contributed by atoms with Gasteiger partial charge in [0.25, 0.3) is 0 Å². The number of hydrogen-bond acceptors (Lipinski definition) is 11. The minimum absolute atomic E-state index is 0.0190. The molecule has 11 nitrogen and oxygen atoms in total. The minimum Gasteiger partial charge on any atom is -0.456 e. The third-order valence-electron chi connectivity index (χ3n) is 15.7. The molecule has 1 heterocycles. The van der Waals surface area contributed by atoms with Crippen LogP contribution in [0.2, 0.25) is 0 Å². The summed E-state index contributed by atoms with van der Waals surface area (Å²) >= 11 is 0. The van der Waals surface area contributed by atoms with Crippen molar-refractivity contribution >= 4 is 17.9 Å². The third-order valence-corrected chi connectivity index (χ3v) is 15.7. The predicted molar refractivity (Wildman–Crippen MR) is 185 cm³/mol. The zero-order valence-electron chi connectivity index (χ0n) is 32.1. The SMILES string of the molecule is CC(=O)O[C@H]1C(CO)O[C@H](OC(=O)[C@]23CCC(C)(C)C[C@H]2C2=CC[C@@H]4[C@@]5(C)CC[C@H](O)C(C)(C)[C@@H]5CC[C@@]4(C)[C@]2(C)CC3O)C(O)[C@@H]1OC(C)=O. The highest BCUT2D eigenvalue weighted by atomic mass is 16.7. The van der Waals surface area contributed by atoms with Gasteiger partial charge in [0.05, 0.1) is 18.8 Å². The molecule has 5 aliphatic carbocycles. The van der Waals surface area contributed by atoms with Crippen molar-refractivity contribution in [2.45, 2.75) is 163 Å². The molecule has 0 radical (unpaired) electrons. The summed E-state index contributed by atoms with van der Waals surface area (Å²) in [4.78, 5) is 38.7. The third kappa shape index (κ3) is 5.73. The Hall–Kier alpha value is -2.05. The number of fused-ring (bicyclic) bond motifs is 7. The summed E-state index contributed by atoms with van der Waals surface area (Å²) in [5.74, 6) is -1.80. The zero-order chi connectivity index (χ0) is 37.7. The first-order chi connectivity index (χ1) is 23.6. The molecule has 0 aromatic rings. The van der Waals surface area contributed by atoms with Gasteiger partial charge in [0.2, 0.25) is 6.29 Å². The van der Waals surface area contributed by atoms with Crippen molar-refractivity contribution in [1.82, 2.24) is 0 Å². The molecule has 51 heavy (non-hydrogen) atoms. The smallest absolute Gasteiger partial charge is 0.317 e. The second-order valence-corrected chi connectivity index (χ2v) is 19.1. The van der Waals surface area contributed by atoms with Crippen molar-refractivity contribution in [3.63, 3.8) is 0 Å². The second kappa shape index (κ2) is 12.8. The molecule has 0 bridgehead atoms. The molecule has 4 N–H and O–H groups in total. The topological polar surface area (TPSA) is 169 Å². The van der Waals surface area contributed by atoms with Gasteiger partial charge in [-0.2, -0.15) is 0 Å². The van der Waals surface area contributed by atoms with E-state index in [-0.39, 0.29) is 33.7 Å². The predicted octanol–water partition coefficient (Wildman–Crippen LogP) is 4.60. The lowest BCUT2D eigenvalue weighted by molar-refractivity contribution is -0.303. The number of allylic oxidation sites excluding steroid dienone is 2. The molecule has 1 saturated heterocycles. The minimum atomic E-state index is -1.73. The molecule has 6 rings (SSSR count). The normalized spacial score (nSPS) is 48.4. The van der Waals surface area contributed by atoms with E-state index < -0.39 is 72.2 Å². The van der Waals surface area contributed by atoms with E-state index in [1.54, 1.807) is 0 Å². The van der Waals surface area contributed by atoms with Crippen LogP contribution < -0.4 is 0 Å². The highest BCUT2D eigenvalue weighted by Gasteiger charge is 2.71. The van der Waals surface area contributed by atoms with E-state index in [0.29, 0.717) is 37.5 Å². The molecular weight excluding hydrogens is 656 g/mol. The Labute approximate surface area is 302 Å². The molecule has 14 atom stereocenters. The van der Waals surface area contributed by atoms with Crippen LogP contribution >= 0.6 is 0 Å². The number of aliphatic hydroxyl groups is 4. The summed E-state index contributed by atoms with van der Waals surface area (Å²) < 4.78 is 22.5. The number of carbonyl (C=O) groups is 3. The molecule has 0 aromatic carbocycles. The fourth-order valence-electron chi connectivity index (χ4n) is 12.7. The van der Waals surface area contributed by atoms with Crippen LogP contribution in [-0.2, 0) is 33.3 Å². The standard InChI is InChI=1S/C40H62O11/c1-21(42)48-31-25(20-41)50-33(30(46)32(31)49-22(2)43)51-34(47)40-17-16-35(3,4)18-24(40)23-10-11-27-37(7)14-13-28(44)36(5,6)26(37)12-15-38(27,8)39(23,9)19-29(40)45/h10,24-33,41,44-46H,11-20H2,1-9H3/t24-,25?,26-,27+,28-,29?,30?,31-,32-,33+,37-,38+,39+,40+/m0/s1. The van der Waals surface area contributed by atoms with Crippen LogP contribution in [0.5, 0.6) is 0 Å². The van der Waals surface area contributed by atoms with Gasteiger partial charge in [-0.3, -0.25) is 14.4 Å². The monoisotopic (exact) mass is 718 g/mol. The summed E-state index contributed by atoms with van der Waals surface area (Å²) in [6, 6.07) is 0. The van der Waals surface area contributed by atoms with Crippen molar-refractivity contribution in [2.24, 2.45) is 50.2 Å². The molecule has 1 aliphatic heterocycles. The molecule has 4 saturated carbocycles. The maximum atomic E-state index is 14.8. The summed E-state index contributed by atoms with van der Waals surface area (Å²) in [6.45, 7) is 17.6. The number of hydrogen-bond donors (Lipinski definition) is 4. The Bertz CT molecular complexity index is 1440. The Morgan fingerprint density at radius 2 is 1.45 bits per heavy atom. The van der Waals surface area contributed by atoms with Crippen LogP contribution in [0.4, 0.5) is 0 Å². The molecule has 6 aliphatic rings. The van der Waals surface area contributed by atoms with Gasteiger partial charge < -0.3 is 39.4 Å². The van der Waals surface area contributed by atoms with Crippen molar-refractivity contribution < 1.29 is 53.8 Å². The van der Waals surface area contributed by atoms with Crippen molar-refractivity contribution in [3.05, 3.63) is 11.6 Å². The van der Waals surface area contributed by atoms with E-state index in [1.165, 1.54) is 5.57 Å². The lowest BCUT2D eigenvalue weighted by Crippen LogP contribution is -2.68. The largest absolute Gasteiger partial charge is 0.456 e. The molecule has 0 spiro atoms. The van der Waals surface area contributed by atoms with E-state index in [4.69, 9.17) is 18.9 Å². The second-order valence-electron chi connectivity index (χ2n) is 19.1. The highest BCUT2D eigenvalue weighted by Crippen LogP contribution is 2.75. The summed E-state index contributed by atoms with van der Waals surface area (Å²) in [5, 5.41) is 45.1. The lowest BCUT2D eigenvalue weighted by Gasteiger charge is -2.71. The van der Waals surface area contributed by atoms with Gasteiger partial charge in [-0.1, -0.05) is 60.1 Å². The Kier molecular flexibility index (Phi) is 9.69. The molecule has 0 amide bonds. The Balaban J connectivity index is 1.36. The first kappa shape index (κ1) is 38.7. The number of rotatable bonds is 5. The molecule has 3 unspecified atom stereocenters. The molecule has 5 fully saturated rings. The first-order valence-corrected chi connectivity index (χ1v) is 19.2. The van der Waals surface area contributed by atoms with Gasteiger partial charge in [0, 0.05) is 13.8 Å². The van der Waals surface area contributed by atoms with Crippen LogP contribution in [0, 0.1) is 50.2 Å². The van der Waals surface area contributed by atoms with Gasteiger partial charge in [-0.15, -0.1) is 0 Å². The van der Waals surface area contributed by atoms with Crippen LogP contribution in [0.3, 0.4) is 0 Å². The number of ether oxygens (including phenoxy) is 4. The summed E-state index contributed by atoms with van der Waals surface area (Å²) in [7, 11) is 0. The average molecular weight is 719 g/mol. The van der Waals surface area contributed by atoms with Crippen LogP contribution in [-0.4, -0.2) is 87.9 Å². The van der Waals surface area contributed by atoms with Crippen molar-refractivity contribution in [1.29, 1.82) is 0 Å². The Morgan fingerprint density at radius 3 is 2.08 bits per heavy atom. The van der Waals surface area contributed by atoms with Gasteiger partial charge in [-0.25, -0.2) is 0 Å². The van der Waals surface area contributed by atoms with Crippen LogP contribution in [0.15, 0.2) is 11.6 Å². The quantitative estimate of drug-likeness (QED) is 0.178. The van der Waals surface area contributed by atoms with Crippen LogP contribution in [0.25, 0.3) is 0 Å². The van der Waals surface area contributed by atoms with Crippen molar-refractivity contribution in [3.8, 4) is 0 Å². The molecular formula is C40H62O11. The van der Waals surface area contributed by atoms with Gasteiger partial charge in [-0.05, 0) is 103 Å². The zero-order valence-corrected chi connectivity index (χ0v) is 32.1. The lowest BCUT2D eigenvalue weighted by atomic mass is 9.33. The number of aliphatic hydroxyl groups excluding tert-OH is 4. The van der Waals surface area contributed by atoms with E-state index in [9.17, 15) is 34.8 Å². The van der Waals surface area contributed by atoms with Crippen molar-refractivity contribution in [2.75, 3.05) is 6.61 Å². The fourth-order valence-corrected chi connectivity index (χ4v) is 12.7. The molecule has 11 heteroatoms. The maximum Gasteiger partial charge on any atom is 0.317 e. The molecule has 288 valence electrons. The van der Waals surface area contributed by atoms with Crippen LogP contribution in [0.1, 0.15) is 120 Å². The van der Waals surface area contributed by atoms with E-state index in [2.05, 4.69) is 54.5 Å². The van der Waals surface area contributed by atoms with E-state index in [1.807, 2.05) is 0 Å². The fraction of sp³-hybridized carbons (Fsp3) is 0.875. The number of esters is 3. The summed E-state index contributed by atoms with van der Waals surface area (Å²) in [6.07, 6.45) is 0.233. The maximum absolute atomic E-state index is 14.8. The van der Waals surface area contributed by atoms with E-state index in [0.717, 1.165) is 46.0 Å². The summed E-state index contributed by atoms with van der Waals surface area (Å²) in [5.41, 5.74) is -0.941. The Morgan fingerprint density at radius 1 is 0.804 bits per heavy atom. The van der Waals surface area contributed by atoms with E-state index >= 15 is 0 Å². The highest BCUT2D eigenvalue weighted by molar-refractivity contribution is 5.80. The van der Waals surface area contributed by atoms with Gasteiger partial charge >= 0.3 is 17.9 Å². The average Bonchev–Trinajstić information content (AvgIpc) is 3.02. The van der Waals surface area contributed by atoms with Gasteiger partial charge in [0.15, 0.2) is 18.3 Å².